The van der Waals surface area contributed by atoms with E-state index in [0.717, 1.165) is 16.9 Å². The van der Waals surface area contributed by atoms with Crippen molar-refractivity contribution < 1.29 is 19.4 Å². The highest BCUT2D eigenvalue weighted by Crippen LogP contribution is 2.27. The molecule has 0 aliphatic heterocycles. The number of ether oxygens (including phenoxy) is 1. The molecule has 0 fully saturated rings. The van der Waals surface area contributed by atoms with Crippen molar-refractivity contribution in [2.75, 3.05) is 18.5 Å². The van der Waals surface area contributed by atoms with Crippen molar-refractivity contribution in [1.82, 2.24) is 10.3 Å². The predicted molar refractivity (Wildman–Crippen MR) is 138 cm³/mol. The van der Waals surface area contributed by atoms with E-state index in [2.05, 4.69) is 29.5 Å². The summed E-state index contributed by atoms with van der Waals surface area (Å²) in [5, 5.41) is 15.8. The lowest BCUT2D eigenvalue weighted by Crippen LogP contribution is -2.32. The number of pyridine rings is 1. The molecule has 0 unspecified atom stereocenters. The molecule has 0 saturated heterocycles. The Labute approximate surface area is 214 Å². The first-order chi connectivity index (χ1) is 16.7. The zero-order chi connectivity index (χ0) is 25.4. The van der Waals surface area contributed by atoms with Crippen molar-refractivity contribution >= 4 is 40.8 Å². The second-order valence-corrected chi connectivity index (χ2v) is 9.19. The number of hydrogen-bond acceptors (Lipinski definition) is 5. The Morgan fingerprint density at radius 1 is 1.03 bits per heavy atom. The summed E-state index contributed by atoms with van der Waals surface area (Å²) in [6.45, 7) is 4.69. The average Bonchev–Trinajstić information content (AvgIpc) is 2.81. The third-order valence-electron chi connectivity index (χ3n) is 5.25. The van der Waals surface area contributed by atoms with Crippen molar-refractivity contribution in [3.05, 3.63) is 76.4 Å². The van der Waals surface area contributed by atoms with Crippen LogP contribution in [0.3, 0.4) is 0 Å². The second kappa shape index (κ2) is 12.4. The molecule has 3 aromatic rings. The topological polar surface area (TPSA) is 101 Å². The summed E-state index contributed by atoms with van der Waals surface area (Å²) in [5.41, 5.74) is 2.88. The number of aromatic nitrogens is 1. The molecular formula is C26H27Cl2N3O4. The van der Waals surface area contributed by atoms with Crippen LogP contribution in [0.4, 0.5) is 5.69 Å². The molecule has 0 aliphatic carbocycles. The van der Waals surface area contributed by atoms with Gasteiger partial charge in [0.2, 0.25) is 0 Å². The number of carbonyl (C=O) groups is 2. The number of halogens is 2. The molecule has 184 valence electrons. The molecule has 1 aromatic heterocycles. The number of nitrogens with one attached hydrogen (secondary N) is 2. The van der Waals surface area contributed by atoms with Gasteiger partial charge in [0.15, 0.2) is 0 Å². The molecule has 0 bridgehead atoms. The molecule has 9 heteroatoms. The number of anilines is 1. The Bertz CT molecular complexity index is 1130. The number of carboxylic acid groups (broad SMARTS) is 1. The summed E-state index contributed by atoms with van der Waals surface area (Å²) in [7, 11) is 0. The van der Waals surface area contributed by atoms with Crippen LogP contribution in [0.5, 0.6) is 5.75 Å². The number of carbonyl (C=O) groups excluding carboxylic acids is 1. The molecule has 3 N–H and O–H groups in total. The van der Waals surface area contributed by atoms with E-state index in [0.29, 0.717) is 28.0 Å². The summed E-state index contributed by atoms with van der Waals surface area (Å²) in [5.74, 6) is -0.348. The Hall–Kier alpha value is -3.29. The van der Waals surface area contributed by atoms with Crippen LogP contribution in [0.15, 0.2) is 60.8 Å². The lowest BCUT2D eigenvalue weighted by atomic mass is 10.0. The second-order valence-electron chi connectivity index (χ2n) is 8.32. The number of rotatable bonds is 11. The summed E-state index contributed by atoms with van der Waals surface area (Å²) in [6, 6.07) is 16.0. The maximum atomic E-state index is 12.1. The van der Waals surface area contributed by atoms with E-state index in [4.69, 9.17) is 33.0 Å². The van der Waals surface area contributed by atoms with Crippen LogP contribution in [0.1, 0.15) is 30.6 Å². The van der Waals surface area contributed by atoms with Crippen LogP contribution in [-0.2, 0) is 4.79 Å². The number of nitrogens with zero attached hydrogens (tertiary/aromatic N) is 1. The molecule has 2 aromatic carbocycles. The minimum atomic E-state index is -0.954. The van der Waals surface area contributed by atoms with Crippen molar-refractivity contribution in [2.24, 2.45) is 5.92 Å². The third kappa shape index (κ3) is 8.16. The van der Waals surface area contributed by atoms with Gasteiger partial charge in [0.1, 0.15) is 12.4 Å². The minimum Gasteiger partial charge on any atom is -0.490 e. The van der Waals surface area contributed by atoms with Gasteiger partial charge in [0.05, 0.1) is 24.4 Å². The van der Waals surface area contributed by atoms with Gasteiger partial charge in [-0.05, 0) is 60.5 Å². The van der Waals surface area contributed by atoms with Crippen LogP contribution < -0.4 is 15.4 Å². The van der Waals surface area contributed by atoms with Gasteiger partial charge in [0, 0.05) is 33.4 Å². The van der Waals surface area contributed by atoms with E-state index in [9.17, 15) is 9.59 Å². The molecule has 0 spiro atoms. The number of hydrogen-bond donors (Lipinski definition) is 3. The molecule has 3 rings (SSSR count). The average molecular weight is 516 g/mol. The van der Waals surface area contributed by atoms with Crippen LogP contribution in [0.25, 0.3) is 11.3 Å². The maximum Gasteiger partial charge on any atom is 0.305 e. The first-order valence-electron chi connectivity index (χ1n) is 11.1. The van der Waals surface area contributed by atoms with Gasteiger partial charge in [-0.3, -0.25) is 14.6 Å². The van der Waals surface area contributed by atoms with Gasteiger partial charge in [0.25, 0.3) is 5.91 Å². The molecule has 7 nitrogen and oxygen atoms in total. The predicted octanol–water partition coefficient (Wildman–Crippen LogP) is 5.78. The van der Waals surface area contributed by atoms with E-state index < -0.39 is 5.97 Å². The van der Waals surface area contributed by atoms with Crippen molar-refractivity contribution in [3.63, 3.8) is 0 Å². The van der Waals surface area contributed by atoms with Gasteiger partial charge in [-0.25, -0.2) is 0 Å². The Morgan fingerprint density at radius 2 is 1.71 bits per heavy atom. The van der Waals surface area contributed by atoms with Crippen LogP contribution in [-0.4, -0.2) is 41.2 Å². The summed E-state index contributed by atoms with van der Waals surface area (Å²) in [6.07, 6.45) is 1.55. The first-order valence-corrected chi connectivity index (χ1v) is 11.9. The number of amides is 1. The van der Waals surface area contributed by atoms with Gasteiger partial charge in [-0.2, -0.15) is 0 Å². The Morgan fingerprint density at radius 3 is 2.29 bits per heavy atom. The van der Waals surface area contributed by atoms with Crippen molar-refractivity contribution in [2.45, 2.75) is 26.3 Å². The van der Waals surface area contributed by atoms with Crippen LogP contribution in [0.2, 0.25) is 10.0 Å². The molecule has 1 atom stereocenters. The van der Waals surface area contributed by atoms with E-state index in [1.54, 1.807) is 36.5 Å². The SMILES string of the molecule is CC(C)[C@@H](COc1ccc(-c2cc(Cl)cc(Cl)c2)nc1)Nc1ccc(C(=O)NCCC(=O)O)cc1. The lowest BCUT2D eigenvalue weighted by molar-refractivity contribution is -0.136. The van der Waals surface area contributed by atoms with Crippen molar-refractivity contribution in [3.8, 4) is 17.0 Å². The Balaban J connectivity index is 1.56. The van der Waals surface area contributed by atoms with E-state index in [-0.39, 0.29) is 30.8 Å². The van der Waals surface area contributed by atoms with E-state index in [1.165, 1.54) is 0 Å². The van der Waals surface area contributed by atoms with Gasteiger partial charge in [-0.1, -0.05) is 37.0 Å². The lowest BCUT2D eigenvalue weighted by Gasteiger charge is -2.24. The number of benzene rings is 2. The summed E-state index contributed by atoms with van der Waals surface area (Å²) >= 11 is 12.2. The molecule has 1 amide bonds. The summed E-state index contributed by atoms with van der Waals surface area (Å²) < 4.78 is 5.98. The van der Waals surface area contributed by atoms with Gasteiger partial charge < -0.3 is 20.5 Å². The van der Waals surface area contributed by atoms with Gasteiger partial charge in [-0.15, -0.1) is 0 Å². The molecule has 1 heterocycles. The first kappa shape index (κ1) is 26.3. The normalized spacial score (nSPS) is 11.7. The number of aliphatic carboxylic acids is 1. The molecule has 0 radical (unpaired) electrons. The monoisotopic (exact) mass is 515 g/mol. The fourth-order valence-corrected chi connectivity index (χ4v) is 3.77. The van der Waals surface area contributed by atoms with Crippen LogP contribution >= 0.6 is 23.2 Å². The highest BCUT2D eigenvalue weighted by molar-refractivity contribution is 6.35. The highest BCUT2D eigenvalue weighted by atomic mass is 35.5. The molecule has 35 heavy (non-hydrogen) atoms. The smallest absolute Gasteiger partial charge is 0.305 e. The van der Waals surface area contributed by atoms with E-state index >= 15 is 0 Å². The van der Waals surface area contributed by atoms with Crippen LogP contribution in [0, 0.1) is 5.92 Å². The maximum absolute atomic E-state index is 12.1. The van der Waals surface area contributed by atoms with Crippen molar-refractivity contribution in [1.29, 1.82) is 0 Å². The third-order valence-corrected chi connectivity index (χ3v) is 5.69. The van der Waals surface area contributed by atoms with Gasteiger partial charge >= 0.3 is 5.97 Å². The summed E-state index contributed by atoms with van der Waals surface area (Å²) in [4.78, 5) is 27.2. The Kier molecular flexibility index (Phi) is 9.34. The highest BCUT2D eigenvalue weighted by Gasteiger charge is 2.15. The number of carboxylic acids is 1. The molecule has 0 aliphatic rings. The molecule has 0 saturated carbocycles. The minimum absolute atomic E-state index is 0.0108. The van der Waals surface area contributed by atoms with E-state index in [1.807, 2.05) is 24.3 Å². The standard InChI is InChI=1S/C26H27Cl2N3O4/c1-16(2)24(31-21-5-3-17(4-6-21)26(34)29-10-9-25(32)33)15-35-22-7-8-23(30-14-22)18-11-19(27)13-20(28)12-18/h3-8,11-14,16,24,31H,9-10,15H2,1-2H3,(H,29,34)(H,32,33)/t24-/m1/s1. The fraction of sp³-hybridized carbons (Fsp3) is 0.269. The zero-order valence-electron chi connectivity index (χ0n) is 19.4. The quantitative estimate of drug-likeness (QED) is 0.299. The zero-order valence-corrected chi connectivity index (χ0v) is 20.9. The largest absolute Gasteiger partial charge is 0.490 e. The fourth-order valence-electron chi connectivity index (χ4n) is 3.24. The molecular weight excluding hydrogens is 489 g/mol.